The van der Waals surface area contributed by atoms with Crippen LogP contribution >= 0.6 is 43.5 Å². The van der Waals surface area contributed by atoms with Crippen molar-refractivity contribution in [3.8, 4) is 5.75 Å². The van der Waals surface area contributed by atoms with Crippen molar-refractivity contribution >= 4 is 43.5 Å². The molecule has 0 aliphatic heterocycles. The van der Waals surface area contributed by atoms with Gasteiger partial charge in [0.2, 0.25) is 0 Å². The minimum Gasteiger partial charge on any atom is -0.496 e. The molecule has 0 aliphatic rings. The lowest BCUT2D eigenvalue weighted by atomic mass is 9.97. The Kier molecular flexibility index (Phi) is 5.72. The third kappa shape index (κ3) is 3.62. The van der Waals surface area contributed by atoms with Crippen LogP contribution in [0.25, 0.3) is 0 Å². The van der Waals surface area contributed by atoms with E-state index in [1.54, 1.807) is 7.11 Å². The van der Waals surface area contributed by atoms with Gasteiger partial charge < -0.3 is 10.1 Å². The van der Waals surface area contributed by atoms with E-state index in [1.807, 2.05) is 38.2 Å². The smallest absolute Gasteiger partial charge is 0.124 e. The molecule has 0 fully saturated rings. The number of rotatable bonds is 4. The van der Waals surface area contributed by atoms with E-state index in [1.165, 1.54) is 0 Å². The standard InChI is InChI=1S/C16H16Br2ClNO/c1-9-6-15(21-3)11(8-12(9)17)16(20-2)10-4-5-14(19)13(18)7-10/h4-8,16,20H,1-3H3. The van der Waals surface area contributed by atoms with Crippen molar-refractivity contribution in [1.82, 2.24) is 5.32 Å². The van der Waals surface area contributed by atoms with Crippen molar-refractivity contribution < 1.29 is 4.74 Å². The number of halogens is 3. The number of benzene rings is 2. The Morgan fingerprint density at radius 1 is 1.14 bits per heavy atom. The van der Waals surface area contributed by atoms with Gasteiger partial charge in [-0.2, -0.15) is 0 Å². The number of hydrogen-bond acceptors (Lipinski definition) is 2. The van der Waals surface area contributed by atoms with E-state index in [4.69, 9.17) is 16.3 Å². The first kappa shape index (κ1) is 16.8. The van der Waals surface area contributed by atoms with Gasteiger partial charge in [-0.1, -0.05) is 33.6 Å². The number of nitrogens with one attached hydrogen (secondary N) is 1. The first-order valence-corrected chi connectivity index (χ1v) is 8.40. The van der Waals surface area contributed by atoms with Crippen molar-refractivity contribution in [2.24, 2.45) is 0 Å². The summed E-state index contributed by atoms with van der Waals surface area (Å²) in [4.78, 5) is 0. The molecule has 112 valence electrons. The Hall–Kier alpha value is -0.550. The van der Waals surface area contributed by atoms with Crippen LogP contribution in [-0.4, -0.2) is 14.2 Å². The minimum absolute atomic E-state index is 0.0189. The van der Waals surface area contributed by atoms with Gasteiger partial charge in [0.05, 0.1) is 18.2 Å². The summed E-state index contributed by atoms with van der Waals surface area (Å²) in [6, 6.07) is 10.1. The third-order valence-corrected chi connectivity index (χ3v) is 5.46. The molecule has 0 saturated heterocycles. The fourth-order valence-corrected chi connectivity index (χ4v) is 3.14. The molecule has 2 nitrogen and oxygen atoms in total. The molecule has 0 heterocycles. The van der Waals surface area contributed by atoms with E-state index >= 15 is 0 Å². The molecule has 0 aliphatic carbocycles. The van der Waals surface area contributed by atoms with Crippen molar-refractivity contribution in [3.05, 3.63) is 61.0 Å². The molecule has 0 bridgehead atoms. The van der Waals surface area contributed by atoms with Crippen LogP contribution in [0, 0.1) is 6.92 Å². The SMILES string of the molecule is CNC(c1ccc(Cl)c(Br)c1)c1cc(Br)c(C)cc1OC. The highest BCUT2D eigenvalue weighted by Gasteiger charge is 2.18. The molecule has 2 rings (SSSR count). The molecule has 2 aromatic carbocycles. The lowest BCUT2D eigenvalue weighted by molar-refractivity contribution is 0.405. The van der Waals surface area contributed by atoms with Crippen LogP contribution in [0.3, 0.4) is 0 Å². The molecule has 1 unspecified atom stereocenters. The molecule has 0 saturated carbocycles. The van der Waals surface area contributed by atoms with E-state index < -0.39 is 0 Å². The Bertz CT molecular complexity index is 661. The Labute approximate surface area is 147 Å². The molecule has 21 heavy (non-hydrogen) atoms. The molecule has 0 radical (unpaired) electrons. The van der Waals surface area contributed by atoms with Crippen LogP contribution in [0.1, 0.15) is 22.7 Å². The average molecular weight is 434 g/mol. The van der Waals surface area contributed by atoms with E-state index in [9.17, 15) is 0 Å². The predicted octanol–water partition coefficient (Wildman–Crippen LogP) is 5.49. The maximum absolute atomic E-state index is 6.08. The van der Waals surface area contributed by atoms with E-state index in [2.05, 4.69) is 43.2 Å². The topological polar surface area (TPSA) is 21.3 Å². The quantitative estimate of drug-likeness (QED) is 0.688. The fraction of sp³-hybridized carbons (Fsp3) is 0.250. The van der Waals surface area contributed by atoms with Gasteiger partial charge in [0.15, 0.2) is 0 Å². The normalized spacial score (nSPS) is 12.3. The molecule has 1 atom stereocenters. The Morgan fingerprint density at radius 3 is 2.43 bits per heavy atom. The van der Waals surface area contributed by atoms with Gasteiger partial charge in [-0.3, -0.25) is 0 Å². The molecule has 5 heteroatoms. The summed E-state index contributed by atoms with van der Waals surface area (Å²) in [5.74, 6) is 0.862. The molecular weight excluding hydrogens is 417 g/mol. The fourth-order valence-electron chi connectivity index (χ4n) is 2.27. The lowest BCUT2D eigenvalue weighted by Crippen LogP contribution is -2.18. The van der Waals surface area contributed by atoms with Gasteiger partial charge in [-0.05, 0) is 65.3 Å². The van der Waals surface area contributed by atoms with Crippen molar-refractivity contribution in [2.45, 2.75) is 13.0 Å². The van der Waals surface area contributed by atoms with Gasteiger partial charge in [0.1, 0.15) is 5.75 Å². The van der Waals surface area contributed by atoms with Crippen LogP contribution in [0.2, 0.25) is 5.02 Å². The van der Waals surface area contributed by atoms with Gasteiger partial charge in [-0.25, -0.2) is 0 Å². The number of methoxy groups -OCH3 is 1. The first-order valence-electron chi connectivity index (χ1n) is 6.44. The van der Waals surface area contributed by atoms with Crippen LogP contribution in [0.15, 0.2) is 39.3 Å². The van der Waals surface area contributed by atoms with Gasteiger partial charge in [-0.15, -0.1) is 0 Å². The largest absolute Gasteiger partial charge is 0.496 e. The zero-order valence-electron chi connectivity index (χ0n) is 12.0. The maximum Gasteiger partial charge on any atom is 0.124 e. The highest BCUT2D eigenvalue weighted by Crippen LogP contribution is 2.36. The predicted molar refractivity (Wildman–Crippen MR) is 95.5 cm³/mol. The summed E-state index contributed by atoms with van der Waals surface area (Å²) in [5, 5.41) is 4.04. The maximum atomic E-state index is 6.08. The number of ether oxygens (including phenoxy) is 1. The second kappa shape index (κ2) is 7.14. The summed E-state index contributed by atoms with van der Waals surface area (Å²) in [7, 11) is 3.62. The van der Waals surface area contributed by atoms with E-state index in [0.29, 0.717) is 5.02 Å². The van der Waals surface area contributed by atoms with Gasteiger partial charge in [0.25, 0.3) is 0 Å². The van der Waals surface area contributed by atoms with Gasteiger partial charge >= 0.3 is 0 Å². The molecule has 1 N–H and O–H groups in total. The van der Waals surface area contributed by atoms with Crippen LogP contribution in [0.4, 0.5) is 0 Å². The Balaban J connectivity index is 2.55. The summed E-state index contributed by atoms with van der Waals surface area (Å²) >= 11 is 13.1. The zero-order valence-corrected chi connectivity index (χ0v) is 15.9. The highest BCUT2D eigenvalue weighted by atomic mass is 79.9. The van der Waals surface area contributed by atoms with Gasteiger partial charge in [0, 0.05) is 14.5 Å². The van der Waals surface area contributed by atoms with Crippen molar-refractivity contribution in [3.63, 3.8) is 0 Å². The Morgan fingerprint density at radius 2 is 1.86 bits per heavy atom. The molecule has 0 spiro atoms. The van der Waals surface area contributed by atoms with Crippen LogP contribution < -0.4 is 10.1 Å². The highest BCUT2D eigenvalue weighted by molar-refractivity contribution is 9.10. The van der Waals surface area contributed by atoms with E-state index in [0.717, 1.165) is 31.4 Å². The number of aryl methyl sites for hydroxylation is 1. The van der Waals surface area contributed by atoms with E-state index in [-0.39, 0.29) is 6.04 Å². The lowest BCUT2D eigenvalue weighted by Gasteiger charge is -2.21. The zero-order chi connectivity index (χ0) is 15.6. The first-order chi connectivity index (χ1) is 9.97. The molecule has 2 aromatic rings. The van der Waals surface area contributed by atoms with Crippen molar-refractivity contribution in [2.75, 3.05) is 14.2 Å². The average Bonchev–Trinajstić information content (AvgIpc) is 2.46. The second-order valence-electron chi connectivity index (χ2n) is 4.74. The van der Waals surface area contributed by atoms with Crippen LogP contribution in [-0.2, 0) is 0 Å². The molecular formula is C16H16Br2ClNO. The summed E-state index contributed by atoms with van der Waals surface area (Å²) < 4.78 is 7.48. The second-order valence-corrected chi connectivity index (χ2v) is 6.85. The molecule has 0 aromatic heterocycles. The monoisotopic (exact) mass is 431 g/mol. The number of hydrogen-bond donors (Lipinski definition) is 1. The van der Waals surface area contributed by atoms with Crippen molar-refractivity contribution in [1.29, 1.82) is 0 Å². The summed E-state index contributed by atoms with van der Waals surface area (Å²) in [6.45, 7) is 2.05. The van der Waals surface area contributed by atoms with Crippen LogP contribution in [0.5, 0.6) is 5.75 Å². The summed E-state index contributed by atoms with van der Waals surface area (Å²) in [6.07, 6.45) is 0. The minimum atomic E-state index is 0.0189. The summed E-state index contributed by atoms with van der Waals surface area (Å²) in [5.41, 5.74) is 3.33. The third-order valence-electron chi connectivity index (χ3n) is 3.39. The molecule has 0 amide bonds.